The van der Waals surface area contributed by atoms with Gasteiger partial charge < -0.3 is 10.0 Å². The third-order valence-corrected chi connectivity index (χ3v) is 4.12. The topological polar surface area (TPSA) is 58.4 Å². The highest BCUT2D eigenvalue weighted by Crippen LogP contribution is 2.20. The van der Waals surface area contributed by atoms with Gasteiger partial charge in [-0.15, -0.1) is 0 Å². The van der Waals surface area contributed by atoms with Crippen LogP contribution in [0, 0.1) is 19.7 Å². The molecule has 0 aliphatic carbocycles. The first-order chi connectivity index (χ1) is 11.0. The van der Waals surface area contributed by atoms with E-state index in [2.05, 4.69) is 5.10 Å². The summed E-state index contributed by atoms with van der Waals surface area (Å²) in [6.07, 6.45) is 0.973. The van der Waals surface area contributed by atoms with Gasteiger partial charge in [0.05, 0.1) is 11.8 Å². The fourth-order valence-electron chi connectivity index (χ4n) is 3.01. The van der Waals surface area contributed by atoms with E-state index < -0.39 is 11.9 Å². The zero-order valence-corrected chi connectivity index (χ0v) is 13.3. The Balaban J connectivity index is 1.87. The van der Waals surface area contributed by atoms with Crippen LogP contribution in [0.5, 0.6) is 0 Å². The number of nitrogens with zero attached hydrogens (tertiary/aromatic N) is 3. The molecule has 1 amide bonds. The fraction of sp³-hybridized carbons (Fsp3) is 0.412. The molecule has 2 aromatic rings. The molecular formula is C17H20FN3O2. The Morgan fingerprint density at radius 2 is 2.13 bits per heavy atom. The van der Waals surface area contributed by atoms with Crippen molar-refractivity contribution < 1.29 is 14.3 Å². The molecule has 2 heterocycles. The molecule has 0 spiro atoms. The molecule has 1 aliphatic heterocycles. The minimum Gasteiger partial charge on any atom is -0.391 e. The predicted molar refractivity (Wildman–Crippen MR) is 84.1 cm³/mol. The second kappa shape index (κ2) is 6.12. The highest BCUT2D eigenvalue weighted by atomic mass is 19.1. The Kier molecular flexibility index (Phi) is 4.17. The summed E-state index contributed by atoms with van der Waals surface area (Å²) in [5.41, 5.74) is 2.26. The molecule has 1 fully saturated rings. The molecule has 122 valence electrons. The molecule has 1 aromatic carbocycles. The van der Waals surface area contributed by atoms with Crippen LogP contribution in [0.2, 0.25) is 0 Å². The Labute approximate surface area is 134 Å². The lowest BCUT2D eigenvalue weighted by Crippen LogP contribution is -2.42. The van der Waals surface area contributed by atoms with Crippen LogP contribution < -0.4 is 0 Å². The molecule has 0 radical (unpaired) electrons. The molecule has 1 atom stereocenters. The number of hydrogen-bond donors (Lipinski definition) is 1. The molecular weight excluding hydrogens is 297 g/mol. The number of aryl methyl sites for hydroxylation is 2. The van der Waals surface area contributed by atoms with Gasteiger partial charge in [-0.1, -0.05) is 0 Å². The van der Waals surface area contributed by atoms with Gasteiger partial charge in [-0.25, -0.2) is 9.07 Å². The minimum absolute atomic E-state index is 0.248. The Hall–Kier alpha value is -2.21. The van der Waals surface area contributed by atoms with Gasteiger partial charge in [0, 0.05) is 24.3 Å². The van der Waals surface area contributed by atoms with Crippen LogP contribution in [0.3, 0.4) is 0 Å². The molecule has 23 heavy (non-hydrogen) atoms. The maximum atomic E-state index is 14.4. The van der Waals surface area contributed by atoms with Crippen molar-refractivity contribution in [2.45, 2.75) is 32.8 Å². The number of hydrogen-bond acceptors (Lipinski definition) is 3. The van der Waals surface area contributed by atoms with Crippen molar-refractivity contribution in [1.29, 1.82) is 0 Å². The Bertz CT molecular complexity index is 741. The van der Waals surface area contributed by atoms with E-state index in [1.165, 1.54) is 10.7 Å². The molecule has 1 N–H and O–H groups in total. The molecule has 1 saturated heterocycles. The molecule has 0 saturated carbocycles. The number of halogens is 1. The van der Waals surface area contributed by atoms with E-state index in [1.807, 2.05) is 19.9 Å². The standard InChI is InChI=1S/C17H20FN3O2/c1-11-8-12(2)21(19-11)16-6-5-13(9-15(16)18)17(23)20-7-3-4-14(22)10-20/h5-6,8-9,14,22H,3-4,7,10H2,1-2H3. The van der Waals surface area contributed by atoms with E-state index in [1.54, 1.807) is 17.0 Å². The summed E-state index contributed by atoms with van der Waals surface area (Å²) in [5, 5.41) is 13.9. The summed E-state index contributed by atoms with van der Waals surface area (Å²) in [7, 11) is 0. The number of rotatable bonds is 2. The van der Waals surface area contributed by atoms with Crippen LogP contribution >= 0.6 is 0 Å². The highest BCUT2D eigenvalue weighted by molar-refractivity contribution is 5.94. The first-order valence-electron chi connectivity index (χ1n) is 7.76. The van der Waals surface area contributed by atoms with E-state index in [0.29, 0.717) is 30.8 Å². The number of carbonyl (C=O) groups is 1. The maximum absolute atomic E-state index is 14.4. The number of aliphatic hydroxyl groups is 1. The number of amides is 1. The average Bonchev–Trinajstić information content (AvgIpc) is 2.85. The lowest BCUT2D eigenvalue weighted by Gasteiger charge is -2.30. The van der Waals surface area contributed by atoms with Gasteiger partial charge in [-0.3, -0.25) is 4.79 Å². The molecule has 3 rings (SSSR count). The number of β-amino-alcohol motifs (C(OH)–C–C–N with tert-alkyl or cyclic N) is 1. The highest BCUT2D eigenvalue weighted by Gasteiger charge is 2.24. The van der Waals surface area contributed by atoms with E-state index >= 15 is 0 Å². The van der Waals surface area contributed by atoms with Crippen molar-refractivity contribution in [3.05, 3.63) is 47.0 Å². The van der Waals surface area contributed by atoms with Crippen LogP contribution in [0.4, 0.5) is 4.39 Å². The van der Waals surface area contributed by atoms with Crippen molar-refractivity contribution in [1.82, 2.24) is 14.7 Å². The summed E-state index contributed by atoms with van der Waals surface area (Å²) in [6.45, 7) is 4.60. The van der Waals surface area contributed by atoms with Gasteiger partial charge in [-0.05, 0) is 51.0 Å². The smallest absolute Gasteiger partial charge is 0.254 e. The van der Waals surface area contributed by atoms with Crippen LogP contribution in [-0.4, -0.2) is 44.9 Å². The fourth-order valence-corrected chi connectivity index (χ4v) is 3.01. The number of aromatic nitrogens is 2. The summed E-state index contributed by atoms with van der Waals surface area (Å²) in [5.74, 6) is -0.734. The largest absolute Gasteiger partial charge is 0.391 e. The van der Waals surface area contributed by atoms with Crippen LogP contribution in [-0.2, 0) is 0 Å². The normalized spacial score (nSPS) is 18.3. The molecule has 0 bridgehead atoms. The lowest BCUT2D eigenvalue weighted by atomic mass is 10.1. The second-order valence-electron chi connectivity index (χ2n) is 6.05. The molecule has 6 heteroatoms. The number of aliphatic hydroxyl groups excluding tert-OH is 1. The van der Waals surface area contributed by atoms with Crippen molar-refractivity contribution in [3.63, 3.8) is 0 Å². The van der Waals surface area contributed by atoms with Gasteiger partial charge in [0.25, 0.3) is 5.91 Å². The van der Waals surface area contributed by atoms with Crippen molar-refractivity contribution >= 4 is 5.91 Å². The van der Waals surface area contributed by atoms with E-state index in [-0.39, 0.29) is 5.91 Å². The molecule has 1 unspecified atom stereocenters. The third-order valence-electron chi connectivity index (χ3n) is 4.12. The molecule has 5 nitrogen and oxygen atoms in total. The summed E-state index contributed by atoms with van der Waals surface area (Å²) < 4.78 is 16.0. The van der Waals surface area contributed by atoms with Crippen molar-refractivity contribution in [2.75, 3.05) is 13.1 Å². The number of likely N-dealkylation sites (tertiary alicyclic amines) is 1. The lowest BCUT2D eigenvalue weighted by molar-refractivity contribution is 0.0473. The van der Waals surface area contributed by atoms with Gasteiger partial charge >= 0.3 is 0 Å². The number of carbonyl (C=O) groups excluding carboxylic acids is 1. The molecule has 1 aromatic heterocycles. The third kappa shape index (κ3) is 3.12. The first-order valence-corrected chi connectivity index (χ1v) is 7.76. The van der Waals surface area contributed by atoms with Gasteiger partial charge in [0.15, 0.2) is 0 Å². The van der Waals surface area contributed by atoms with Crippen LogP contribution in [0.25, 0.3) is 5.69 Å². The van der Waals surface area contributed by atoms with E-state index in [4.69, 9.17) is 0 Å². The predicted octanol–water partition coefficient (Wildman–Crippen LogP) is 2.23. The van der Waals surface area contributed by atoms with Gasteiger partial charge in [0.1, 0.15) is 11.5 Å². The van der Waals surface area contributed by atoms with Gasteiger partial charge in [-0.2, -0.15) is 5.10 Å². The SMILES string of the molecule is Cc1cc(C)n(-c2ccc(C(=O)N3CCCC(O)C3)cc2F)n1. The number of piperidine rings is 1. The zero-order valence-electron chi connectivity index (χ0n) is 13.3. The maximum Gasteiger partial charge on any atom is 0.254 e. The summed E-state index contributed by atoms with van der Waals surface area (Å²) >= 11 is 0. The van der Waals surface area contributed by atoms with Crippen LogP contribution in [0.15, 0.2) is 24.3 Å². The monoisotopic (exact) mass is 317 g/mol. The van der Waals surface area contributed by atoms with Crippen LogP contribution in [0.1, 0.15) is 34.6 Å². The first kappa shape index (κ1) is 15.7. The van der Waals surface area contributed by atoms with E-state index in [9.17, 15) is 14.3 Å². The van der Waals surface area contributed by atoms with Crippen molar-refractivity contribution in [3.8, 4) is 5.69 Å². The quantitative estimate of drug-likeness (QED) is 0.924. The Morgan fingerprint density at radius 3 is 2.74 bits per heavy atom. The van der Waals surface area contributed by atoms with Crippen molar-refractivity contribution in [2.24, 2.45) is 0 Å². The second-order valence-corrected chi connectivity index (χ2v) is 6.05. The molecule has 1 aliphatic rings. The summed E-state index contributed by atoms with van der Waals surface area (Å²) in [6, 6.07) is 6.29. The Morgan fingerprint density at radius 1 is 1.35 bits per heavy atom. The van der Waals surface area contributed by atoms with E-state index in [0.717, 1.165) is 17.8 Å². The summed E-state index contributed by atoms with van der Waals surface area (Å²) in [4.78, 5) is 14.0. The average molecular weight is 317 g/mol. The zero-order chi connectivity index (χ0) is 16.6. The van der Waals surface area contributed by atoms with Gasteiger partial charge in [0.2, 0.25) is 0 Å². The minimum atomic E-state index is -0.494. The number of benzene rings is 1.